The van der Waals surface area contributed by atoms with Gasteiger partial charge in [0.05, 0.1) is 6.85 Å². The molecule has 7 heteroatoms. The summed E-state index contributed by atoms with van der Waals surface area (Å²) in [5.74, 6) is 0. The van der Waals surface area contributed by atoms with Crippen molar-refractivity contribution in [1.29, 1.82) is 0 Å². The second-order valence-corrected chi connectivity index (χ2v) is 4.28. The van der Waals surface area contributed by atoms with Gasteiger partial charge in [-0.3, -0.25) is 0 Å². The number of tetrazole rings is 1. The highest BCUT2D eigenvalue weighted by Crippen LogP contribution is 2.13. The molecule has 0 bridgehead atoms. The molecule has 1 aromatic carbocycles. The van der Waals surface area contributed by atoms with Crippen molar-refractivity contribution in [3.63, 3.8) is 0 Å². The minimum Gasteiger partial charge on any atom is -0.247 e. The number of rotatable bonds is 2. The van der Waals surface area contributed by atoms with Crippen LogP contribution in [0.4, 0.5) is 0 Å². The maximum atomic E-state index is 12.6. The lowest BCUT2D eigenvalue weighted by Gasteiger charge is -2.00. The molecule has 0 aliphatic carbocycles. The van der Waals surface area contributed by atoms with Gasteiger partial charge in [-0.25, -0.2) is 4.21 Å². The second kappa shape index (κ2) is 4.02. The summed E-state index contributed by atoms with van der Waals surface area (Å²) in [5.41, 5.74) is 0.335. The van der Waals surface area contributed by atoms with Gasteiger partial charge in [-0.1, -0.05) is 18.1 Å². The smallest absolute Gasteiger partial charge is 0.200 e. The molecule has 6 nitrogen and oxygen atoms in total. The molecular formula is C10H7N5OS. The number of fused-ring (bicyclic) bond motifs is 1. The Hall–Kier alpha value is -2.15. The van der Waals surface area contributed by atoms with Crippen LogP contribution in [0.25, 0.3) is 5.65 Å². The molecule has 1 unspecified atom stereocenters. The van der Waals surface area contributed by atoms with Gasteiger partial charge in [-0.2, -0.15) is 0 Å². The van der Waals surface area contributed by atoms with Gasteiger partial charge < -0.3 is 0 Å². The molecule has 84 valence electrons. The molecule has 2 aromatic heterocycles. The molecule has 0 saturated heterocycles. The van der Waals surface area contributed by atoms with Crippen molar-refractivity contribution in [3.8, 4) is 0 Å². The number of nitrogens with zero attached hydrogens (tertiary/aromatic N) is 5. The van der Waals surface area contributed by atoms with Crippen LogP contribution >= 0.6 is 0 Å². The molecule has 2 heterocycles. The topological polar surface area (TPSA) is 73.0 Å². The van der Waals surface area contributed by atoms with E-state index in [1.165, 1.54) is 12.1 Å². The highest BCUT2D eigenvalue weighted by atomic mass is 32.2. The molecule has 0 spiro atoms. The van der Waals surface area contributed by atoms with Crippen LogP contribution in [0.3, 0.4) is 0 Å². The summed E-state index contributed by atoms with van der Waals surface area (Å²) in [7, 11) is -2.06. The van der Waals surface area contributed by atoms with E-state index in [0.717, 1.165) is 4.63 Å². The lowest BCUT2D eigenvalue weighted by Crippen LogP contribution is -2.02. The quantitative estimate of drug-likeness (QED) is 0.669. The average molecular weight is 250 g/mol. The normalized spacial score (nSPS) is 16.8. The molecule has 0 aliphatic rings. The first-order valence-corrected chi connectivity index (χ1v) is 5.61. The van der Waals surface area contributed by atoms with E-state index in [1.807, 2.05) is 0 Å². The fourth-order valence-electron chi connectivity index (χ4n) is 1.17. The maximum absolute atomic E-state index is 12.6. The third-order valence-corrected chi connectivity index (χ3v) is 3.07. The van der Waals surface area contributed by atoms with E-state index in [-0.39, 0.29) is 9.92 Å². The van der Waals surface area contributed by atoms with Crippen LogP contribution in [0, 0.1) is 0 Å². The molecule has 3 rings (SSSR count). The fourth-order valence-corrected chi connectivity index (χ4v) is 2.01. The van der Waals surface area contributed by atoms with Gasteiger partial charge >= 0.3 is 0 Å². The zero-order valence-corrected chi connectivity index (χ0v) is 9.02. The maximum Gasteiger partial charge on any atom is 0.200 e. The van der Waals surface area contributed by atoms with Crippen molar-refractivity contribution >= 4 is 16.4 Å². The first-order valence-electron chi connectivity index (χ1n) is 6.96. The van der Waals surface area contributed by atoms with Crippen LogP contribution < -0.4 is 0 Å². The van der Waals surface area contributed by atoms with Crippen molar-refractivity contribution in [2.45, 2.75) is 9.92 Å². The summed E-state index contributed by atoms with van der Waals surface area (Å²) in [6.45, 7) is 0. The SMILES string of the molecule is [2H]c1c([2H])c([2H])c(S(=O)c2ccc3nnnn3n2)c([2H])c1[2H]. The molecule has 0 saturated carbocycles. The van der Waals surface area contributed by atoms with Gasteiger partial charge in [0.15, 0.2) is 10.7 Å². The first kappa shape index (κ1) is 5.97. The minimum atomic E-state index is -2.06. The summed E-state index contributed by atoms with van der Waals surface area (Å²) in [6, 6.07) is 0.157. The second-order valence-electron chi connectivity index (χ2n) is 2.92. The summed E-state index contributed by atoms with van der Waals surface area (Å²) in [5, 5.41) is 14.5. The molecule has 0 radical (unpaired) electrons. The summed E-state index contributed by atoms with van der Waals surface area (Å²) in [6.07, 6.45) is 0. The molecular weight excluding hydrogens is 238 g/mol. The van der Waals surface area contributed by atoms with Gasteiger partial charge in [0.1, 0.15) is 10.8 Å². The van der Waals surface area contributed by atoms with E-state index in [4.69, 9.17) is 6.85 Å². The van der Waals surface area contributed by atoms with Crippen molar-refractivity contribution in [2.24, 2.45) is 0 Å². The monoisotopic (exact) mass is 250 g/mol. The first-order chi connectivity index (χ1) is 10.4. The molecule has 0 amide bonds. The lowest BCUT2D eigenvalue weighted by atomic mass is 10.4. The lowest BCUT2D eigenvalue weighted by molar-refractivity contribution is 0.663. The predicted molar refractivity (Wildman–Crippen MR) is 59.7 cm³/mol. The fraction of sp³-hybridized carbons (Fsp3) is 0. The Morgan fingerprint density at radius 1 is 1.24 bits per heavy atom. The van der Waals surface area contributed by atoms with Crippen LogP contribution in [-0.4, -0.2) is 29.5 Å². The summed E-state index contributed by atoms with van der Waals surface area (Å²) in [4.78, 5) is -0.328. The Morgan fingerprint density at radius 3 is 2.88 bits per heavy atom. The van der Waals surface area contributed by atoms with Gasteiger partial charge in [0.25, 0.3) is 0 Å². The van der Waals surface area contributed by atoms with E-state index >= 15 is 0 Å². The Balaban J connectivity index is 2.20. The Bertz CT molecular complexity index is 900. The third-order valence-electron chi connectivity index (χ3n) is 1.90. The van der Waals surface area contributed by atoms with Crippen LogP contribution in [0.15, 0.2) is 52.3 Å². The molecule has 17 heavy (non-hydrogen) atoms. The number of benzene rings is 1. The Labute approximate surface area is 106 Å². The zero-order chi connectivity index (χ0) is 16.0. The molecule has 1 atom stereocenters. The molecule has 0 aliphatic heterocycles. The number of hydrogen-bond donors (Lipinski definition) is 0. The minimum absolute atomic E-state index is 0.0154. The van der Waals surface area contributed by atoms with Gasteiger partial charge in [-0.15, -0.1) is 14.8 Å². The van der Waals surface area contributed by atoms with E-state index in [9.17, 15) is 4.21 Å². The average Bonchev–Trinajstić information content (AvgIpc) is 2.98. The van der Waals surface area contributed by atoms with Gasteiger partial charge in [0, 0.05) is 4.90 Å². The number of hydrogen-bond acceptors (Lipinski definition) is 5. The van der Waals surface area contributed by atoms with E-state index < -0.39 is 41.0 Å². The van der Waals surface area contributed by atoms with Crippen LogP contribution in [0.5, 0.6) is 0 Å². The van der Waals surface area contributed by atoms with Crippen molar-refractivity contribution in [1.82, 2.24) is 25.3 Å². The third kappa shape index (κ3) is 1.80. The molecule has 3 aromatic rings. The molecule has 0 fully saturated rings. The van der Waals surface area contributed by atoms with Crippen LogP contribution in [0.1, 0.15) is 6.85 Å². The van der Waals surface area contributed by atoms with Gasteiger partial charge in [-0.05, 0) is 34.6 Å². The van der Waals surface area contributed by atoms with Gasteiger partial charge in [0.2, 0.25) is 0 Å². The summed E-state index contributed by atoms with van der Waals surface area (Å²) < 4.78 is 51.9. The van der Waals surface area contributed by atoms with Crippen molar-refractivity contribution in [3.05, 3.63) is 42.3 Å². The largest absolute Gasteiger partial charge is 0.247 e. The van der Waals surface area contributed by atoms with E-state index in [0.29, 0.717) is 5.65 Å². The predicted octanol–water partition coefficient (Wildman–Crippen LogP) is 0.686. The number of aromatic nitrogens is 5. The Kier molecular flexibility index (Phi) is 1.41. The summed E-state index contributed by atoms with van der Waals surface area (Å²) >= 11 is 0. The Morgan fingerprint density at radius 2 is 2.06 bits per heavy atom. The van der Waals surface area contributed by atoms with Crippen LogP contribution in [-0.2, 0) is 10.8 Å². The highest BCUT2D eigenvalue weighted by molar-refractivity contribution is 7.85. The van der Waals surface area contributed by atoms with E-state index in [2.05, 4.69) is 20.6 Å². The van der Waals surface area contributed by atoms with Crippen molar-refractivity contribution in [2.75, 3.05) is 0 Å². The van der Waals surface area contributed by atoms with Crippen molar-refractivity contribution < 1.29 is 11.1 Å². The van der Waals surface area contributed by atoms with Crippen LogP contribution in [0.2, 0.25) is 0 Å². The molecule has 0 N–H and O–H groups in total. The zero-order valence-electron chi connectivity index (χ0n) is 13.2. The highest BCUT2D eigenvalue weighted by Gasteiger charge is 2.09. The van der Waals surface area contributed by atoms with E-state index in [1.54, 1.807) is 0 Å². The standard InChI is InChI=1S/C10H7N5OS/c16-17(8-4-2-1-3-5-8)10-7-6-9-11-13-14-15(9)12-10/h1-7H/i1D,2D,3D,4D,5D.